The number of halogens is 1. The summed E-state index contributed by atoms with van der Waals surface area (Å²) in [5, 5.41) is 2.78. The van der Waals surface area contributed by atoms with Crippen molar-refractivity contribution in [2.45, 2.75) is 0 Å². The molecule has 0 bridgehead atoms. The molecule has 0 heterocycles. The average Bonchev–Trinajstić information content (AvgIpc) is 2.15. The number of carbonyl (C=O) groups excluding carboxylic acids is 1. The molecule has 14 heavy (non-hydrogen) atoms. The number of nitrogens with two attached hydrogens (primary N) is 2. The van der Waals surface area contributed by atoms with Crippen LogP contribution >= 0.6 is 0 Å². The monoisotopic (exact) mass is 197 g/mol. The van der Waals surface area contributed by atoms with Crippen LogP contribution in [-0.2, 0) is 0 Å². The van der Waals surface area contributed by atoms with Crippen LogP contribution < -0.4 is 16.8 Å². The minimum absolute atomic E-state index is 0.154. The first-order valence-electron chi connectivity index (χ1n) is 4.18. The normalized spacial score (nSPS) is 9.86. The summed E-state index contributed by atoms with van der Waals surface area (Å²) in [6.07, 6.45) is 0. The number of anilines is 1. The van der Waals surface area contributed by atoms with Crippen molar-refractivity contribution in [1.82, 2.24) is 0 Å². The first-order valence-corrected chi connectivity index (χ1v) is 4.18. The molecule has 0 atom stereocenters. The summed E-state index contributed by atoms with van der Waals surface area (Å²) in [5.74, 6) is -1.15. The van der Waals surface area contributed by atoms with Crippen LogP contribution in [0.3, 0.4) is 0 Å². The Morgan fingerprint density at radius 1 is 1.50 bits per heavy atom. The molecule has 1 amide bonds. The van der Waals surface area contributed by atoms with Crippen molar-refractivity contribution in [3.8, 4) is 0 Å². The van der Waals surface area contributed by atoms with E-state index in [4.69, 9.17) is 11.5 Å². The zero-order chi connectivity index (χ0) is 10.6. The Balaban J connectivity index is 2.84. The molecule has 1 aromatic rings. The molecule has 0 saturated carbocycles. The molecule has 0 spiro atoms. The fraction of sp³-hybridized carbons (Fsp3) is 0.222. The standard InChI is InChI=1S/C9H12FN3O/c10-7-5-6(9(12)14)1-2-8(7)13-4-3-11/h1-2,5,13H,3-4,11H2,(H2,12,14). The van der Waals surface area contributed by atoms with Crippen LogP contribution in [-0.4, -0.2) is 19.0 Å². The third-order valence-corrected chi connectivity index (χ3v) is 1.71. The van der Waals surface area contributed by atoms with Gasteiger partial charge in [-0.3, -0.25) is 4.79 Å². The van der Waals surface area contributed by atoms with Crippen LogP contribution in [0.2, 0.25) is 0 Å². The zero-order valence-electron chi connectivity index (χ0n) is 7.59. The van der Waals surface area contributed by atoms with Gasteiger partial charge in [0.25, 0.3) is 0 Å². The number of nitrogens with one attached hydrogen (secondary N) is 1. The second kappa shape index (κ2) is 4.57. The molecule has 76 valence electrons. The van der Waals surface area contributed by atoms with Gasteiger partial charge in [-0.05, 0) is 18.2 Å². The first-order chi connectivity index (χ1) is 6.65. The van der Waals surface area contributed by atoms with Gasteiger partial charge < -0.3 is 16.8 Å². The molecular weight excluding hydrogens is 185 g/mol. The summed E-state index contributed by atoms with van der Waals surface area (Å²) >= 11 is 0. The SMILES string of the molecule is NCCNc1ccc(C(N)=O)cc1F. The van der Waals surface area contributed by atoms with Gasteiger partial charge in [-0.15, -0.1) is 0 Å². The Hall–Kier alpha value is -1.62. The van der Waals surface area contributed by atoms with Gasteiger partial charge in [0.15, 0.2) is 0 Å². The van der Waals surface area contributed by atoms with E-state index >= 15 is 0 Å². The van der Waals surface area contributed by atoms with Crippen molar-refractivity contribution in [2.75, 3.05) is 18.4 Å². The molecule has 0 unspecified atom stereocenters. The van der Waals surface area contributed by atoms with E-state index in [9.17, 15) is 9.18 Å². The smallest absolute Gasteiger partial charge is 0.248 e. The summed E-state index contributed by atoms with van der Waals surface area (Å²) < 4.78 is 13.2. The molecule has 5 heteroatoms. The van der Waals surface area contributed by atoms with Crippen LogP contribution in [0.1, 0.15) is 10.4 Å². The lowest BCUT2D eigenvalue weighted by Crippen LogP contribution is -2.15. The molecule has 0 fully saturated rings. The van der Waals surface area contributed by atoms with Gasteiger partial charge in [0.1, 0.15) is 5.82 Å². The number of hydrogen-bond acceptors (Lipinski definition) is 3. The zero-order valence-corrected chi connectivity index (χ0v) is 7.59. The lowest BCUT2D eigenvalue weighted by molar-refractivity contribution is 0.1000. The van der Waals surface area contributed by atoms with Crippen LogP contribution in [0, 0.1) is 5.82 Å². The number of benzene rings is 1. The Bertz CT molecular complexity index is 341. The Labute approximate surface area is 81.1 Å². The van der Waals surface area contributed by atoms with E-state index < -0.39 is 11.7 Å². The minimum Gasteiger partial charge on any atom is -0.381 e. The maximum absolute atomic E-state index is 13.2. The van der Waals surface area contributed by atoms with Crippen LogP contribution in [0.5, 0.6) is 0 Å². The summed E-state index contributed by atoms with van der Waals surface area (Å²) in [6.45, 7) is 0.893. The predicted octanol–water partition coefficient (Wildman–Crippen LogP) is 0.295. The molecule has 0 aliphatic carbocycles. The van der Waals surface area contributed by atoms with Crippen molar-refractivity contribution < 1.29 is 9.18 Å². The third kappa shape index (κ3) is 2.43. The summed E-state index contributed by atoms with van der Waals surface area (Å²) in [7, 11) is 0. The molecule has 1 rings (SSSR count). The van der Waals surface area contributed by atoms with Crippen molar-refractivity contribution in [1.29, 1.82) is 0 Å². The van der Waals surface area contributed by atoms with Gasteiger partial charge in [0.05, 0.1) is 5.69 Å². The molecule has 0 aromatic heterocycles. The lowest BCUT2D eigenvalue weighted by Gasteiger charge is -2.06. The van der Waals surface area contributed by atoms with Gasteiger partial charge in [-0.1, -0.05) is 0 Å². The lowest BCUT2D eigenvalue weighted by atomic mass is 10.2. The van der Waals surface area contributed by atoms with E-state index in [-0.39, 0.29) is 5.56 Å². The van der Waals surface area contributed by atoms with E-state index in [1.54, 1.807) is 0 Å². The summed E-state index contributed by atoms with van der Waals surface area (Å²) in [6, 6.07) is 4.02. The van der Waals surface area contributed by atoms with Crippen molar-refractivity contribution in [2.24, 2.45) is 11.5 Å². The number of amides is 1. The second-order valence-electron chi connectivity index (χ2n) is 2.77. The molecule has 0 aliphatic rings. The fourth-order valence-corrected chi connectivity index (χ4v) is 1.02. The fourth-order valence-electron chi connectivity index (χ4n) is 1.02. The molecule has 0 radical (unpaired) electrons. The minimum atomic E-state index is -0.644. The molecule has 5 N–H and O–H groups in total. The number of hydrogen-bond donors (Lipinski definition) is 3. The highest BCUT2D eigenvalue weighted by Gasteiger charge is 2.05. The molecule has 0 saturated heterocycles. The van der Waals surface area contributed by atoms with Gasteiger partial charge in [0, 0.05) is 18.7 Å². The van der Waals surface area contributed by atoms with E-state index in [2.05, 4.69) is 5.32 Å². The van der Waals surface area contributed by atoms with Crippen LogP contribution in [0.25, 0.3) is 0 Å². The maximum atomic E-state index is 13.2. The van der Waals surface area contributed by atoms with E-state index in [1.165, 1.54) is 12.1 Å². The summed E-state index contributed by atoms with van der Waals surface area (Å²) in [5.41, 5.74) is 10.7. The number of rotatable bonds is 4. The molecule has 0 aliphatic heterocycles. The van der Waals surface area contributed by atoms with E-state index in [1.807, 2.05) is 0 Å². The van der Waals surface area contributed by atoms with Crippen molar-refractivity contribution in [3.63, 3.8) is 0 Å². The molecule has 4 nitrogen and oxygen atoms in total. The van der Waals surface area contributed by atoms with Crippen molar-refractivity contribution >= 4 is 11.6 Å². The highest BCUT2D eigenvalue weighted by molar-refractivity contribution is 5.93. The number of carbonyl (C=O) groups is 1. The average molecular weight is 197 g/mol. The van der Waals surface area contributed by atoms with Crippen molar-refractivity contribution in [3.05, 3.63) is 29.6 Å². The first kappa shape index (κ1) is 10.5. The van der Waals surface area contributed by atoms with Gasteiger partial charge in [0.2, 0.25) is 5.91 Å². The predicted molar refractivity (Wildman–Crippen MR) is 52.5 cm³/mol. The highest BCUT2D eigenvalue weighted by Crippen LogP contribution is 2.14. The van der Waals surface area contributed by atoms with Crippen LogP contribution in [0.15, 0.2) is 18.2 Å². The van der Waals surface area contributed by atoms with Gasteiger partial charge in [-0.2, -0.15) is 0 Å². The Kier molecular flexibility index (Phi) is 3.41. The number of primary amides is 1. The van der Waals surface area contributed by atoms with Crippen LogP contribution in [0.4, 0.5) is 10.1 Å². The topological polar surface area (TPSA) is 81.1 Å². The molecule has 1 aromatic carbocycles. The third-order valence-electron chi connectivity index (χ3n) is 1.71. The second-order valence-corrected chi connectivity index (χ2v) is 2.77. The van der Waals surface area contributed by atoms with Gasteiger partial charge >= 0.3 is 0 Å². The Morgan fingerprint density at radius 3 is 2.71 bits per heavy atom. The highest BCUT2D eigenvalue weighted by atomic mass is 19.1. The Morgan fingerprint density at radius 2 is 2.21 bits per heavy atom. The maximum Gasteiger partial charge on any atom is 0.248 e. The molecular formula is C9H12FN3O. The summed E-state index contributed by atoms with van der Waals surface area (Å²) in [4.78, 5) is 10.7. The van der Waals surface area contributed by atoms with Gasteiger partial charge in [-0.25, -0.2) is 4.39 Å². The van der Waals surface area contributed by atoms with E-state index in [0.29, 0.717) is 18.8 Å². The van der Waals surface area contributed by atoms with E-state index in [0.717, 1.165) is 6.07 Å². The quantitative estimate of drug-likeness (QED) is 0.649. The largest absolute Gasteiger partial charge is 0.381 e.